The number of phosphoric acid groups is 2. The highest BCUT2D eigenvalue weighted by molar-refractivity contribution is 7.48. The lowest BCUT2D eigenvalue weighted by Crippen LogP contribution is -2.50. The summed E-state index contributed by atoms with van der Waals surface area (Å²) in [5, 5.41) is 0. The SMILES string of the molecule is CC(=O)OC[C@](C)(OP(=O)(OCc1ccccc1)OCc1ccccc1)[C@@H](COP(=O)(OCc1ccccc1)OCc1ccccc1)OC(C)=O. The summed E-state index contributed by atoms with van der Waals surface area (Å²) in [6.45, 7) is 1.77. The smallest absolute Gasteiger partial charge is 0.463 e. The molecule has 0 aliphatic heterocycles. The summed E-state index contributed by atoms with van der Waals surface area (Å²) < 4.78 is 74.4. The van der Waals surface area contributed by atoms with Crippen LogP contribution in [0.3, 0.4) is 0 Å². The number of phosphoric ester groups is 2. The van der Waals surface area contributed by atoms with Gasteiger partial charge in [0.25, 0.3) is 0 Å². The van der Waals surface area contributed by atoms with Crippen LogP contribution in [0.4, 0.5) is 0 Å². The minimum absolute atomic E-state index is 0.137. The van der Waals surface area contributed by atoms with Gasteiger partial charge >= 0.3 is 27.6 Å². The maximum Gasteiger partial charge on any atom is 0.476 e. The van der Waals surface area contributed by atoms with Gasteiger partial charge in [0.1, 0.15) is 6.61 Å². The maximum atomic E-state index is 14.4. The lowest BCUT2D eigenvalue weighted by atomic mass is 10.0. The molecule has 0 saturated heterocycles. The fourth-order valence-electron chi connectivity index (χ4n) is 4.49. The van der Waals surface area contributed by atoms with Crippen molar-refractivity contribution in [3.63, 3.8) is 0 Å². The van der Waals surface area contributed by atoms with Crippen LogP contribution >= 0.6 is 15.6 Å². The quantitative estimate of drug-likeness (QED) is 0.0598. The predicted molar refractivity (Wildman–Crippen MR) is 188 cm³/mol. The van der Waals surface area contributed by atoms with Crippen molar-refractivity contribution in [1.29, 1.82) is 0 Å². The first kappa shape index (κ1) is 39.8. The first-order valence-corrected chi connectivity index (χ1v) is 19.0. The standard InChI is InChI=1S/C37H42O12P2/c1-30(38)42-29-37(3,49-51(41,45-26-34-20-12-6-13-21-34)46-27-35-22-14-7-15-23-35)36(48-31(2)39)28-47-50(40,43-24-32-16-8-4-9-17-32)44-25-33-18-10-5-11-19-33/h4-23,36H,24-29H2,1-3H3/t36-,37+/m1/s1. The normalized spacial score (nSPS) is 13.5. The van der Waals surface area contributed by atoms with E-state index in [1.807, 2.05) is 24.3 Å². The van der Waals surface area contributed by atoms with Crippen molar-refractivity contribution >= 4 is 27.6 Å². The highest BCUT2D eigenvalue weighted by atomic mass is 31.2. The Bertz CT molecular complexity index is 1650. The third-order valence-corrected chi connectivity index (χ3v) is 10.1. The zero-order valence-corrected chi connectivity index (χ0v) is 30.4. The minimum Gasteiger partial charge on any atom is -0.463 e. The topological polar surface area (TPSA) is 142 Å². The van der Waals surface area contributed by atoms with Gasteiger partial charge in [-0.05, 0) is 29.2 Å². The van der Waals surface area contributed by atoms with Crippen LogP contribution < -0.4 is 0 Å². The number of hydrogen-bond donors (Lipinski definition) is 0. The number of rotatable bonds is 21. The molecule has 0 saturated carbocycles. The summed E-state index contributed by atoms with van der Waals surface area (Å²) in [7, 11) is -8.97. The summed E-state index contributed by atoms with van der Waals surface area (Å²) in [5.74, 6) is -1.50. The molecule has 0 fully saturated rings. The number of hydrogen-bond acceptors (Lipinski definition) is 12. The van der Waals surface area contributed by atoms with Crippen molar-refractivity contribution in [3.05, 3.63) is 144 Å². The number of ether oxygens (including phenoxy) is 2. The summed E-state index contributed by atoms with van der Waals surface area (Å²) in [6, 6.07) is 35.7. The van der Waals surface area contributed by atoms with Crippen molar-refractivity contribution in [1.82, 2.24) is 0 Å². The Balaban J connectivity index is 1.63. The van der Waals surface area contributed by atoms with Crippen molar-refractivity contribution in [2.45, 2.75) is 58.9 Å². The van der Waals surface area contributed by atoms with Gasteiger partial charge in [0.15, 0.2) is 11.7 Å². The molecular weight excluding hydrogens is 698 g/mol. The van der Waals surface area contributed by atoms with Crippen LogP contribution in [0.15, 0.2) is 121 Å². The Kier molecular flexibility index (Phi) is 15.3. The van der Waals surface area contributed by atoms with E-state index < -0.39 is 52.5 Å². The zero-order valence-electron chi connectivity index (χ0n) is 28.7. The summed E-state index contributed by atoms with van der Waals surface area (Å²) in [4.78, 5) is 24.5. The van der Waals surface area contributed by atoms with Crippen LogP contribution in [0, 0.1) is 0 Å². The highest BCUT2D eigenvalue weighted by Gasteiger charge is 2.48. The molecule has 12 nitrogen and oxygen atoms in total. The highest BCUT2D eigenvalue weighted by Crippen LogP contribution is 2.56. The Labute approximate surface area is 298 Å². The molecule has 272 valence electrons. The molecule has 0 spiro atoms. The fraction of sp³-hybridized carbons (Fsp3) is 0.297. The van der Waals surface area contributed by atoms with E-state index in [0.717, 1.165) is 13.8 Å². The molecule has 0 unspecified atom stereocenters. The minimum atomic E-state index is -4.57. The lowest BCUT2D eigenvalue weighted by molar-refractivity contribution is -0.176. The van der Waals surface area contributed by atoms with Crippen LogP contribution in [0.25, 0.3) is 0 Å². The van der Waals surface area contributed by atoms with E-state index in [0.29, 0.717) is 22.3 Å². The zero-order chi connectivity index (χ0) is 36.6. The van der Waals surface area contributed by atoms with E-state index in [-0.39, 0.29) is 26.4 Å². The van der Waals surface area contributed by atoms with Crippen LogP contribution in [0.5, 0.6) is 0 Å². The van der Waals surface area contributed by atoms with Gasteiger partial charge in [-0.3, -0.25) is 36.7 Å². The number of esters is 2. The molecule has 51 heavy (non-hydrogen) atoms. The molecule has 0 heterocycles. The van der Waals surface area contributed by atoms with Crippen LogP contribution in [-0.2, 0) is 81.8 Å². The van der Waals surface area contributed by atoms with Gasteiger partial charge < -0.3 is 9.47 Å². The fourth-order valence-corrected chi connectivity index (χ4v) is 7.12. The van der Waals surface area contributed by atoms with E-state index in [2.05, 4.69) is 0 Å². The molecule has 0 amide bonds. The lowest BCUT2D eigenvalue weighted by Gasteiger charge is -2.37. The monoisotopic (exact) mass is 740 g/mol. The summed E-state index contributed by atoms with van der Waals surface area (Å²) >= 11 is 0. The van der Waals surface area contributed by atoms with Gasteiger partial charge in [-0.1, -0.05) is 121 Å². The van der Waals surface area contributed by atoms with Gasteiger partial charge in [-0.25, -0.2) is 9.13 Å². The molecule has 4 aromatic rings. The van der Waals surface area contributed by atoms with Gasteiger partial charge in [0, 0.05) is 13.8 Å². The van der Waals surface area contributed by atoms with Gasteiger partial charge in [-0.2, -0.15) is 0 Å². The average Bonchev–Trinajstić information content (AvgIpc) is 3.14. The molecule has 0 N–H and O–H groups in total. The Morgan fingerprint density at radius 1 is 0.549 bits per heavy atom. The first-order chi connectivity index (χ1) is 24.5. The van der Waals surface area contributed by atoms with Gasteiger partial charge in [0.05, 0.1) is 33.0 Å². The molecule has 14 heteroatoms. The molecule has 2 atom stereocenters. The molecule has 0 aliphatic rings. The molecule has 4 rings (SSSR count). The maximum absolute atomic E-state index is 14.4. The van der Waals surface area contributed by atoms with Crippen LogP contribution in [-0.4, -0.2) is 36.9 Å². The largest absolute Gasteiger partial charge is 0.476 e. The third kappa shape index (κ3) is 13.9. The van der Waals surface area contributed by atoms with Crippen molar-refractivity contribution in [2.24, 2.45) is 0 Å². The van der Waals surface area contributed by atoms with Crippen molar-refractivity contribution in [2.75, 3.05) is 13.2 Å². The van der Waals surface area contributed by atoms with E-state index in [1.165, 1.54) is 6.92 Å². The van der Waals surface area contributed by atoms with Gasteiger partial charge in [-0.15, -0.1) is 0 Å². The van der Waals surface area contributed by atoms with Crippen LogP contribution in [0.1, 0.15) is 43.0 Å². The van der Waals surface area contributed by atoms with E-state index >= 15 is 0 Å². The molecule has 4 aromatic carbocycles. The Morgan fingerprint density at radius 2 is 0.902 bits per heavy atom. The third-order valence-electron chi connectivity index (χ3n) is 7.18. The summed E-state index contributed by atoms with van der Waals surface area (Å²) in [5.41, 5.74) is 0.758. The number of benzene rings is 4. The second-order valence-electron chi connectivity index (χ2n) is 11.5. The number of carbonyl (C=O) groups excluding carboxylic acids is 2. The van der Waals surface area contributed by atoms with E-state index in [1.54, 1.807) is 97.1 Å². The summed E-state index contributed by atoms with van der Waals surface area (Å²) in [6.07, 6.45) is -1.52. The number of carbonyl (C=O) groups is 2. The first-order valence-electron chi connectivity index (χ1n) is 16.1. The predicted octanol–water partition coefficient (Wildman–Crippen LogP) is 8.36. The van der Waals surface area contributed by atoms with Crippen LogP contribution in [0.2, 0.25) is 0 Å². The van der Waals surface area contributed by atoms with Gasteiger partial charge in [0.2, 0.25) is 0 Å². The average molecular weight is 741 g/mol. The molecule has 0 aromatic heterocycles. The second kappa shape index (κ2) is 19.6. The molecule has 0 bridgehead atoms. The van der Waals surface area contributed by atoms with Crippen molar-refractivity contribution < 1.29 is 55.3 Å². The van der Waals surface area contributed by atoms with E-state index in [4.69, 9.17) is 36.6 Å². The van der Waals surface area contributed by atoms with E-state index in [9.17, 15) is 18.7 Å². The second-order valence-corrected chi connectivity index (χ2v) is 14.8. The molecule has 0 radical (unpaired) electrons. The Morgan fingerprint density at radius 3 is 1.24 bits per heavy atom. The molecular formula is C37H42O12P2. The Hall–Kier alpha value is -3.96. The van der Waals surface area contributed by atoms with Crippen molar-refractivity contribution in [3.8, 4) is 0 Å². The molecule has 0 aliphatic carbocycles.